The van der Waals surface area contributed by atoms with E-state index in [2.05, 4.69) is 5.32 Å². The summed E-state index contributed by atoms with van der Waals surface area (Å²) in [6, 6.07) is 12.0. The molecule has 0 saturated heterocycles. The summed E-state index contributed by atoms with van der Waals surface area (Å²) in [5, 5.41) is 23.3. The largest absolute Gasteiger partial charge is 0.389 e. The van der Waals surface area contributed by atoms with Gasteiger partial charge < -0.3 is 15.5 Å². The van der Waals surface area contributed by atoms with Gasteiger partial charge in [0.1, 0.15) is 5.60 Å². The van der Waals surface area contributed by atoms with Gasteiger partial charge in [0.2, 0.25) is 0 Å². The van der Waals surface area contributed by atoms with E-state index in [0.29, 0.717) is 16.8 Å². The van der Waals surface area contributed by atoms with Crippen LogP contribution in [0.2, 0.25) is 0 Å². The lowest BCUT2D eigenvalue weighted by Crippen LogP contribution is -2.43. The Balaban J connectivity index is 1.75. The number of carbonyl (C=O) groups excluding carboxylic acids is 2. The average molecular weight is 379 g/mol. The van der Waals surface area contributed by atoms with Crippen LogP contribution in [0.15, 0.2) is 54.6 Å². The van der Waals surface area contributed by atoms with Crippen molar-refractivity contribution in [2.24, 2.45) is 5.92 Å². The van der Waals surface area contributed by atoms with Gasteiger partial charge >= 0.3 is 0 Å². The van der Waals surface area contributed by atoms with Gasteiger partial charge in [-0.1, -0.05) is 25.1 Å². The molecule has 2 aromatic rings. The molecule has 28 heavy (non-hydrogen) atoms. The highest BCUT2D eigenvalue weighted by atomic mass is 16.3. The predicted octanol–water partition coefficient (Wildman–Crippen LogP) is 3.43. The predicted molar refractivity (Wildman–Crippen MR) is 109 cm³/mol. The van der Waals surface area contributed by atoms with E-state index in [1.807, 2.05) is 26.0 Å². The van der Waals surface area contributed by atoms with E-state index in [-0.39, 0.29) is 18.2 Å². The molecule has 3 rings (SSSR count). The van der Waals surface area contributed by atoms with Crippen LogP contribution in [0.5, 0.6) is 0 Å². The van der Waals surface area contributed by atoms with Gasteiger partial charge in [-0.2, -0.15) is 0 Å². The molecule has 0 spiro atoms. The van der Waals surface area contributed by atoms with Crippen LogP contribution in [-0.2, 0) is 0 Å². The number of aryl methyl sites for hydroxylation is 1. The number of hydrogen-bond acceptors (Lipinski definition) is 4. The van der Waals surface area contributed by atoms with Crippen molar-refractivity contribution in [3.8, 4) is 0 Å². The van der Waals surface area contributed by atoms with Crippen molar-refractivity contribution in [1.82, 2.24) is 0 Å². The molecule has 3 N–H and O–H groups in total. The van der Waals surface area contributed by atoms with Gasteiger partial charge in [-0.3, -0.25) is 9.59 Å². The molecule has 5 nitrogen and oxygen atoms in total. The number of Topliss-reactive ketones (excluding diaryl/α,β-unsaturated/α-hetero) is 1. The number of hydrogen-bond donors (Lipinski definition) is 3. The first-order chi connectivity index (χ1) is 13.2. The molecule has 3 unspecified atom stereocenters. The second-order valence-corrected chi connectivity index (χ2v) is 7.56. The number of rotatable bonds is 4. The summed E-state index contributed by atoms with van der Waals surface area (Å²) in [5.74, 6) is -0.845. The lowest BCUT2D eigenvalue weighted by molar-refractivity contribution is 0.0243. The van der Waals surface area contributed by atoms with Crippen LogP contribution in [0, 0.1) is 19.8 Å². The monoisotopic (exact) mass is 379 g/mol. The molecule has 0 aliphatic heterocycles. The number of aliphatic hydroxyl groups excluding tert-OH is 1. The van der Waals surface area contributed by atoms with Crippen LogP contribution in [0.4, 0.5) is 5.69 Å². The zero-order chi connectivity index (χ0) is 20.5. The van der Waals surface area contributed by atoms with E-state index >= 15 is 0 Å². The minimum absolute atomic E-state index is 0.161. The third-order valence-electron chi connectivity index (χ3n) is 5.43. The van der Waals surface area contributed by atoms with Gasteiger partial charge in [-0.25, -0.2) is 0 Å². The second-order valence-electron chi connectivity index (χ2n) is 7.56. The van der Waals surface area contributed by atoms with Crippen LogP contribution in [0.25, 0.3) is 0 Å². The van der Waals surface area contributed by atoms with Gasteiger partial charge in [0.15, 0.2) is 5.78 Å². The zero-order valence-corrected chi connectivity index (χ0v) is 16.3. The maximum Gasteiger partial charge on any atom is 0.255 e. The number of anilines is 1. The first kappa shape index (κ1) is 20.0. The van der Waals surface area contributed by atoms with Crippen molar-refractivity contribution < 1.29 is 19.8 Å². The Hall–Kier alpha value is -2.76. The van der Waals surface area contributed by atoms with Crippen LogP contribution >= 0.6 is 0 Å². The molecular weight excluding hydrogens is 354 g/mol. The van der Waals surface area contributed by atoms with Gasteiger partial charge in [0.05, 0.1) is 6.10 Å². The molecule has 1 aliphatic rings. The summed E-state index contributed by atoms with van der Waals surface area (Å²) < 4.78 is 0. The molecule has 0 aromatic heterocycles. The van der Waals surface area contributed by atoms with Gasteiger partial charge in [-0.15, -0.1) is 0 Å². The smallest absolute Gasteiger partial charge is 0.255 e. The summed E-state index contributed by atoms with van der Waals surface area (Å²) in [4.78, 5) is 25.3. The van der Waals surface area contributed by atoms with E-state index < -0.39 is 17.5 Å². The average Bonchev–Trinajstić information content (AvgIpc) is 2.67. The summed E-state index contributed by atoms with van der Waals surface area (Å²) in [6.07, 6.45) is 2.34. The molecule has 0 heterocycles. The van der Waals surface area contributed by atoms with Crippen LogP contribution in [0.1, 0.15) is 45.2 Å². The molecule has 2 aromatic carbocycles. The zero-order valence-electron chi connectivity index (χ0n) is 16.3. The Morgan fingerprint density at radius 3 is 2.43 bits per heavy atom. The summed E-state index contributed by atoms with van der Waals surface area (Å²) >= 11 is 0. The first-order valence-electron chi connectivity index (χ1n) is 9.33. The maximum absolute atomic E-state index is 12.7. The summed E-state index contributed by atoms with van der Waals surface area (Å²) in [6.45, 7) is 5.65. The van der Waals surface area contributed by atoms with Gasteiger partial charge in [0.25, 0.3) is 5.91 Å². The normalized spacial score (nSPS) is 24.0. The van der Waals surface area contributed by atoms with E-state index in [1.54, 1.807) is 37.3 Å². The van der Waals surface area contributed by atoms with E-state index in [1.165, 1.54) is 12.2 Å². The van der Waals surface area contributed by atoms with Crippen LogP contribution in [0.3, 0.4) is 0 Å². The molecule has 0 saturated carbocycles. The number of benzene rings is 2. The highest BCUT2D eigenvalue weighted by molar-refractivity contribution is 6.06. The van der Waals surface area contributed by atoms with E-state index in [9.17, 15) is 19.8 Å². The molecule has 146 valence electrons. The third kappa shape index (κ3) is 3.91. The van der Waals surface area contributed by atoms with Crippen molar-refractivity contribution in [3.63, 3.8) is 0 Å². The third-order valence-corrected chi connectivity index (χ3v) is 5.43. The SMILES string of the molecule is Cc1cccc(C(=O)Nc2ccc(C(=O)C3(O)C=CC(O)C(C)C3)cc2)c1C. The lowest BCUT2D eigenvalue weighted by atomic mass is 9.78. The fraction of sp³-hybridized carbons (Fsp3) is 0.304. The van der Waals surface area contributed by atoms with Crippen LogP contribution in [-0.4, -0.2) is 33.6 Å². The lowest BCUT2D eigenvalue weighted by Gasteiger charge is -2.32. The molecule has 0 bridgehead atoms. The molecular formula is C23H25NO4. The minimum Gasteiger partial charge on any atom is -0.389 e. The topological polar surface area (TPSA) is 86.6 Å². The second kappa shape index (κ2) is 7.70. The highest BCUT2D eigenvalue weighted by Gasteiger charge is 2.39. The van der Waals surface area contributed by atoms with E-state index in [0.717, 1.165) is 11.1 Å². The molecule has 5 heteroatoms. The fourth-order valence-electron chi connectivity index (χ4n) is 3.45. The number of aliphatic hydroxyl groups is 2. The number of amides is 1. The Bertz CT molecular complexity index is 932. The molecule has 0 fully saturated rings. The van der Waals surface area contributed by atoms with Gasteiger partial charge in [0, 0.05) is 16.8 Å². The van der Waals surface area contributed by atoms with Crippen molar-refractivity contribution in [2.45, 2.75) is 38.9 Å². The Morgan fingerprint density at radius 2 is 1.79 bits per heavy atom. The molecule has 0 radical (unpaired) electrons. The Labute approximate surface area is 164 Å². The molecule has 1 amide bonds. The fourth-order valence-corrected chi connectivity index (χ4v) is 3.45. The standard InChI is InChI=1S/C23H25NO4/c1-14-5-4-6-19(16(14)3)22(27)24-18-9-7-17(8-10-18)21(26)23(28)12-11-20(25)15(2)13-23/h4-12,15,20,25,28H,13H2,1-3H3,(H,24,27). The first-order valence-corrected chi connectivity index (χ1v) is 9.33. The quantitative estimate of drug-likeness (QED) is 0.561. The van der Waals surface area contributed by atoms with Crippen LogP contribution < -0.4 is 5.32 Å². The number of ketones is 1. The molecule has 1 aliphatic carbocycles. The minimum atomic E-state index is -1.62. The van der Waals surface area contributed by atoms with E-state index in [4.69, 9.17) is 0 Å². The maximum atomic E-state index is 12.7. The highest BCUT2D eigenvalue weighted by Crippen LogP contribution is 2.30. The Morgan fingerprint density at radius 1 is 1.11 bits per heavy atom. The number of carbonyl (C=O) groups is 2. The van der Waals surface area contributed by atoms with Crippen molar-refractivity contribution >= 4 is 17.4 Å². The number of nitrogens with one attached hydrogen (secondary N) is 1. The van der Waals surface area contributed by atoms with Crippen molar-refractivity contribution in [2.75, 3.05) is 5.32 Å². The molecule has 3 atom stereocenters. The summed E-state index contributed by atoms with van der Waals surface area (Å²) in [5.41, 5.74) is 1.87. The Kier molecular flexibility index (Phi) is 5.49. The van der Waals surface area contributed by atoms with Crippen molar-refractivity contribution in [1.29, 1.82) is 0 Å². The van der Waals surface area contributed by atoms with Gasteiger partial charge in [-0.05, 0) is 73.7 Å². The summed E-state index contributed by atoms with van der Waals surface area (Å²) in [7, 11) is 0. The van der Waals surface area contributed by atoms with Crippen molar-refractivity contribution in [3.05, 3.63) is 76.9 Å².